The standard InChI is InChI=1S/C21H17N3O4/c1-26-18-8-7-14(21-24-17-12-22-10-9-19(17)28-21)11-16(18)23-20(25)13-27-15-5-3-2-4-6-15/h2-12H,13H2,1H3,(H,23,25). The lowest BCUT2D eigenvalue weighted by molar-refractivity contribution is -0.118. The first-order valence-corrected chi connectivity index (χ1v) is 8.59. The van der Waals surface area contributed by atoms with Gasteiger partial charge in [0.2, 0.25) is 5.89 Å². The molecule has 0 unspecified atom stereocenters. The lowest BCUT2D eigenvalue weighted by Crippen LogP contribution is -2.20. The summed E-state index contributed by atoms with van der Waals surface area (Å²) >= 11 is 0. The Morgan fingerprint density at radius 2 is 2.00 bits per heavy atom. The monoisotopic (exact) mass is 375 g/mol. The number of hydrogen-bond acceptors (Lipinski definition) is 6. The maximum absolute atomic E-state index is 12.3. The molecule has 1 N–H and O–H groups in total. The number of aromatic nitrogens is 2. The smallest absolute Gasteiger partial charge is 0.262 e. The predicted molar refractivity (Wildman–Crippen MR) is 104 cm³/mol. The molecule has 4 aromatic rings. The number of nitrogens with one attached hydrogen (secondary N) is 1. The van der Waals surface area contributed by atoms with E-state index in [0.717, 1.165) is 0 Å². The number of ether oxygens (including phenoxy) is 2. The van der Waals surface area contributed by atoms with Crippen LogP contribution in [0.3, 0.4) is 0 Å². The van der Waals surface area contributed by atoms with E-state index < -0.39 is 0 Å². The molecule has 0 saturated carbocycles. The van der Waals surface area contributed by atoms with Crippen molar-refractivity contribution in [3.63, 3.8) is 0 Å². The molecule has 0 fully saturated rings. The lowest BCUT2D eigenvalue weighted by Gasteiger charge is -2.12. The molecule has 7 heteroatoms. The molecule has 0 spiro atoms. The molecule has 0 radical (unpaired) electrons. The van der Waals surface area contributed by atoms with E-state index in [0.29, 0.717) is 39.7 Å². The van der Waals surface area contributed by atoms with E-state index in [1.54, 1.807) is 42.7 Å². The van der Waals surface area contributed by atoms with Crippen molar-refractivity contribution in [1.82, 2.24) is 9.97 Å². The number of methoxy groups -OCH3 is 1. The Bertz CT molecular complexity index is 1080. The van der Waals surface area contributed by atoms with Crippen LogP contribution >= 0.6 is 0 Å². The maximum atomic E-state index is 12.3. The fraction of sp³-hybridized carbons (Fsp3) is 0.0952. The van der Waals surface area contributed by atoms with E-state index >= 15 is 0 Å². The van der Waals surface area contributed by atoms with Crippen molar-refractivity contribution in [2.75, 3.05) is 19.0 Å². The van der Waals surface area contributed by atoms with Crippen molar-refractivity contribution in [2.45, 2.75) is 0 Å². The van der Waals surface area contributed by atoms with Crippen LogP contribution in [0.25, 0.3) is 22.6 Å². The number of benzene rings is 2. The fourth-order valence-corrected chi connectivity index (χ4v) is 2.69. The van der Waals surface area contributed by atoms with Crippen LogP contribution in [0.4, 0.5) is 5.69 Å². The minimum atomic E-state index is -0.305. The predicted octanol–water partition coefficient (Wildman–Crippen LogP) is 3.92. The molecule has 0 saturated heterocycles. The molecule has 0 atom stereocenters. The molecule has 2 aromatic carbocycles. The first kappa shape index (κ1) is 17.5. The van der Waals surface area contributed by atoms with Crippen molar-refractivity contribution < 1.29 is 18.7 Å². The van der Waals surface area contributed by atoms with Crippen LogP contribution in [-0.2, 0) is 4.79 Å². The molecule has 0 aliphatic rings. The first-order valence-electron chi connectivity index (χ1n) is 8.59. The second-order valence-electron chi connectivity index (χ2n) is 5.93. The summed E-state index contributed by atoms with van der Waals surface area (Å²) in [4.78, 5) is 20.8. The molecule has 0 aliphatic heterocycles. The summed E-state index contributed by atoms with van der Waals surface area (Å²) in [5, 5.41) is 2.80. The molecule has 140 valence electrons. The van der Waals surface area contributed by atoms with Crippen LogP contribution in [0, 0.1) is 0 Å². The highest BCUT2D eigenvalue weighted by atomic mass is 16.5. The zero-order valence-electron chi connectivity index (χ0n) is 15.1. The van der Waals surface area contributed by atoms with E-state index in [9.17, 15) is 4.79 Å². The Kier molecular flexibility index (Phi) is 4.88. The third-order valence-electron chi connectivity index (χ3n) is 4.02. The van der Waals surface area contributed by atoms with Crippen LogP contribution in [0.5, 0.6) is 11.5 Å². The van der Waals surface area contributed by atoms with Crippen LogP contribution in [0.2, 0.25) is 0 Å². The first-order chi connectivity index (χ1) is 13.7. The van der Waals surface area contributed by atoms with Gasteiger partial charge in [0.1, 0.15) is 17.0 Å². The Labute approximate surface area is 160 Å². The average molecular weight is 375 g/mol. The number of fused-ring (bicyclic) bond motifs is 1. The number of para-hydroxylation sites is 1. The zero-order valence-corrected chi connectivity index (χ0v) is 15.1. The summed E-state index contributed by atoms with van der Waals surface area (Å²) in [7, 11) is 1.54. The summed E-state index contributed by atoms with van der Waals surface area (Å²) in [6, 6.07) is 16.2. The van der Waals surface area contributed by atoms with Crippen LogP contribution in [0.15, 0.2) is 71.4 Å². The molecular weight excluding hydrogens is 358 g/mol. The van der Waals surface area contributed by atoms with E-state index in [4.69, 9.17) is 13.9 Å². The minimum Gasteiger partial charge on any atom is -0.495 e. The molecule has 7 nitrogen and oxygen atoms in total. The molecule has 1 amide bonds. The molecule has 4 rings (SSSR count). The van der Waals surface area contributed by atoms with Gasteiger partial charge >= 0.3 is 0 Å². The second kappa shape index (κ2) is 7.79. The summed E-state index contributed by atoms with van der Waals surface area (Å²) in [5.41, 5.74) is 2.51. The van der Waals surface area contributed by atoms with E-state index in [-0.39, 0.29) is 12.5 Å². The lowest BCUT2D eigenvalue weighted by atomic mass is 10.2. The van der Waals surface area contributed by atoms with E-state index in [1.807, 2.05) is 24.3 Å². The molecule has 2 heterocycles. The topological polar surface area (TPSA) is 86.5 Å². The highest BCUT2D eigenvalue weighted by molar-refractivity contribution is 5.94. The number of pyridine rings is 1. The molecule has 0 bridgehead atoms. The highest BCUT2D eigenvalue weighted by Gasteiger charge is 2.13. The van der Waals surface area contributed by atoms with E-state index in [2.05, 4.69) is 15.3 Å². The van der Waals surface area contributed by atoms with Gasteiger partial charge in [-0.15, -0.1) is 0 Å². The number of amides is 1. The Morgan fingerprint density at radius 3 is 2.79 bits per heavy atom. The molecule has 2 aromatic heterocycles. The van der Waals surface area contributed by atoms with Gasteiger partial charge in [0, 0.05) is 17.8 Å². The van der Waals surface area contributed by atoms with Gasteiger partial charge in [0.05, 0.1) is 19.0 Å². The summed E-state index contributed by atoms with van der Waals surface area (Å²) in [6.45, 7) is -0.119. The SMILES string of the molecule is COc1ccc(-c2nc3cnccc3o2)cc1NC(=O)COc1ccccc1. The van der Waals surface area contributed by atoms with Gasteiger partial charge in [0.15, 0.2) is 12.2 Å². The second-order valence-corrected chi connectivity index (χ2v) is 5.93. The summed E-state index contributed by atoms with van der Waals surface area (Å²) in [5.74, 6) is 1.27. The summed E-state index contributed by atoms with van der Waals surface area (Å²) < 4.78 is 16.6. The van der Waals surface area contributed by atoms with Gasteiger partial charge in [0.25, 0.3) is 5.91 Å². The van der Waals surface area contributed by atoms with Crippen molar-refractivity contribution in [3.05, 3.63) is 67.0 Å². The zero-order chi connectivity index (χ0) is 19.3. The number of rotatable bonds is 6. The number of nitrogens with zero attached hydrogens (tertiary/aromatic N) is 2. The molecular formula is C21H17N3O4. The molecule has 28 heavy (non-hydrogen) atoms. The van der Waals surface area contributed by atoms with Crippen LogP contribution in [0.1, 0.15) is 0 Å². The number of oxazole rings is 1. The van der Waals surface area contributed by atoms with Crippen LogP contribution in [-0.4, -0.2) is 29.6 Å². The van der Waals surface area contributed by atoms with Gasteiger partial charge in [-0.25, -0.2) is 4.98 Å². The Balaban J connectivity index is 1.54. The van der Waals surface area contributed by atoms with Crippen molar-refractivity contribution >= 4 is 22.7 Å². The number of carbonyl (C=O) groups is 1. The van der Waals surface area contributed by atoms with Crippen molar-refractivity contribution in [3.8, 4) is 23.0 Å². The number of carbonyl (C=O) groups excluding carboxylic acids is 1. The largest absolute Gasteiger partial charge is 0.495 e. The fourth-order valence-electron chi connectivity index (χ4n) is 2.69. The normalized spacial score (nSPS) is 10.6. The van der Waals surface area contributed by atoms with Crippen LogP contribution < -0.4 is 14.8 Å². The van der Waals surface area contributed by atoms with Gasteiger partial charge < -0.3 is 19.2 Å². The van der Waals surface area contributed by atoms with Gasteiger partial charge in [-0.1, -0.05) is 18.2 Å². The maximum Gasteiger partial charge on any atom is 0.262 e. The Hall–Kier alpha value is -3.87. The third-order valence-corrected chi connectivity index (χ3v) is 4.02. The quantitative estimate of drug-likeness (QED) is 0.550. The highest BCUT2D eigenvalue weighted by Crippen LogP contribution is 2.31. The molecule has 0 aliphatic carbocycles. The summed E-state index contributed by atoms with van der Waals surface area (Å²) in [6.07, 6.45) is 3.28. The Morgan fingerprint density at radius 1 is 1.14 bits per heavy atom. The van der Waals surface area contributed by atoms with Crippen molar-refractivity contribution in [1.29, 1.82) is 0 Å². The van der Waals surface area contributed by atoms with Gasteiger partial charge in [-0.05, 0) is 30.3 Å². The third kappa shape index (κ3) is 3.78. The van der Waals surface area contributed by atoms with E-state index in [1.165, 1.54) is 7.11 Å². The number of anilines is 1. The van der Waals surface area contributed by atoms with Gasteiger partial charge in [-0.3, -0.25) is 9.78 Å². The average Bonchev–Trinajstić information content (AvgIpc) is 3.17. The number of hydrogen-bond donors (Lipinski definition) is 1. The van der Waals surface area contributed by atoms with Gasteiger partial charge in [-0.2, -0.15) is 0 Å². The van der Waals surface area contributed by atoms with Crippen molar-refractivity contribution in [2.24, 2.45) is 0 Å². The minimum absolute atomic E-state index is 0.119.